The number of ether oxygens (including phenoxy) is 1. The van der Waals surface area contributed by atoms with E-state index >= 15 is 0 Å². The lowest BCUT2D eigenvalue weighted by Crippen LogP contribution is -2.23. The van der Waals surface area contributed by atoms with E-state index in [1.807, 2.05) is 17.5 Å². The zero-order chi connectivity index (χ0) is 12.8. The molecule has 0 aromatic carbocycles. The Hall–Kier alpha value is -1.66. The van der Waals surface area contributed by atoms with E-state index in [0.29, 0.717) is 13.0 Å². The molecule has 1 unspecified atom stereocenters. The number of hydrogen-bond donors (Lipinski definition) is 2. The second-order valence-corrected chi connectivity index (χ2v) is 4.79. The quantitative estimate of drug-likeness (QED) is 0.782. The van der Waals surface area contributed by atoms with Gasteiger partial charge >= 0.3 is 5.97 Å². The van der Waals surface area contributed by atoms with Gasteiger partial charge in [-0.25, -0.2) is 4.98 Å². The Morgan fingerprint density at radius 3 is 3.17 bits per heavy atom. The maximum Gasteiger partial charge on any atom is 0.307 e. The third-order valence-electron chi connectivity index (χ3n) is 2.58. The van der Waals surface area contributed by atoms with Gasteiger partial charge in [-0.15, -0.1) is 11.3 Å². The highest BCUT2D eigenvalue weighted by molar-refractivity contribution is 7.10. The fourth-order valence-electron chi connectivity index (χ4n) is 1.63. The number of imidazole rings is 1. The van der Waals surface area contributed by atoms with Crippen molar-refractivity contribution in [3.63, 3.8) is 0 Å². The number of carbonyl (C=O) groups is 1. The molecular formula is C12H15N3O2S. The summed E-state index contributed by atoms with van der Waals surface area (Å²) in [5, 5.41) is 5.33. The second kappa shape index (κ2) is 6.32. The molecule has 0 spiro atoms. The average Bonchev–Trinajstić information content (AvgIpc) is 3.06. The van der Waals surface area contributed by atoms with E-state index in [-0.39, 0.29) is 12.0 Å². The Morgan fingerprint density at radius 2 is 2.56 bits per heavy atom. The maximum absolute atomic E-state index is 11.4. The van der Waals surface area contributed by atoms with Crippen LogP contribution in [0.2, 0.25) is 0 Å². The Morgan fingerprint density at radius 1 is 1.67 bits per heavy atom. The van der Waals surface area contributed by atoms with Crippen molar-refractivity contribution in [3.05, 3.63) is 40.6 Å². The fraction of sp³-hybridized carbons (Fsp3) is 0.333. The van der Waals surface area contributed by atoms with E-state index in [1.54, 1.807) is 23.9 Å². The minimum atomic E-state index is -0.217. The molecule has 0 aliphatic carbocycles. The first-order chi connectivity index (χ1) is 8.79. The van der Waals surface area contributed by atoms with Crippen molar-refractivity contribution in [2.75, 3.05) is 7.11 Å². The third kappa shape index (κ3) is 3.41. The van der Waals surface area contributed by atoms with E-state index < -0.39 is 0 Å². The molecule has 0 aliphatic heterocycles. The maximum atomic E-state index is 11.4. The summed E-state index contributed by atoms with van der Waals surface area (Å²) < 4.78 is 4.72. The summed E-state index contributed by atoms with van der Waals surface area (Å²) in [5.41, 5.74) is 0.987. The van der Waals surface area contributed by atoms with E-state index in [0.717, 1.165) is 10.6 Å². The first-order valence-electron chi connectivity index (χ1n) is 5.60. The van der Waals surface area contributed by atoms with Crippen LogP contribution in [0.15, 0.2) is 30.0 Å². The van der Waals surface area contributed by atoms with Gasteiger partial charge in [0.15, 0.2) is 0 Å². The Kier molecular flexibility index (Phi) is 4.49. The zero-order valence-electron chi connectivity index (χ0n) is 10.1. The van der Waals surface area contributed by atoms with Gasteiger partial charge in [-0.05, 0) is 11.4 Å². The molecule has 18 heavy (non-hydrogen) atoms. The number of aromatic nitrogens is 2. The normalized spacial score (nSPS) is 12.3. The highest BCUT2D eigenvalue weighted by Gasteiger charge is 2.17. The van der Waals surface area contributed by atoms with Crippen LogP contribution >= 0.6 is 11.3 Å². The van der Waals surface area contributed by atoms with Crippen LogP contribution in [-0.4, -0.2) is 23.0 Å². The molecule has 2 N–H and O–H groups in total. The van der Waals surface area contributed by atoms with Gasteiger partial charge in [-0.1, -0.05) is 6.07 Å². The van der Waals surface area contributed by atoms with E-state index in [9.17, 15) is 4.79 Å². The molecule has 6 heteroatoms. The topological polar surface area (TPSA) is 67.0 Å². The predicted molar refractivity (Wildman–Crippen MR) is 69.1 cm³/mol. The van der Waals surface area contributed by atoms with Crippen molar-refractivity contribution in [2.45, 2.75) is 19.0 Å². The first-order valence-corrected chi connectivity index (χ1v) is 6.48. The number of methoxy groups -OCH3 is 1. The lowest BCUT2D eigenvalue weighted by Gasteiger charge is -2.15. The van der Waals surface area contributed by atoms with Gasteiger partial charge in [0, 0.05) is 23.3 Å². The molecule has 0 saturated carbocycles. The van der Waals surface area contributed by atoms with Crippen LogP contribution in [0.25, 0.3) is 0 Å². The summed E-state index contributed by atoms with van der Waals surface area (Å²) in [6.07, 6.45) is 3.72. The minimum absolute atomic E-state index is 0.0271. The Labute approximate surface area is 109 Å². The minimum Gasteiger partial charge on any atom is -0.469 e. The smallest absolute Gasteiger partial charge is 0.307 e. The third-order valence-corrected chi connectivity index (χ3v) is 3.56. The molecule has 2 rings (SSSR count). The number of nitrogens with one attached hydrogen (secondary N) is 2. The van der Waals surface area contributed by atoms with Gasteiger partial charge in [0.25, 0.3) is 0 Å². The van der Waals surface area contributed by atoms with Crippen LogP contribution in [0, 0.1) is 0 Å². The summed E-state index contributed by atoms with van der Waals surface area (Å²) in [6.45, 7) is 0.638. The Balaban J connectivity index is 1.98. The molecular weight excluding hydrogens is 250 g/mol. The van der Waals surface area contributed by atoms with Crippen LogP contribution < -0.4 is 5.32 Å². The van der Waals surface area contributed by atoms with Crippen LogP contribution in [0.5, 0.6) is 0 Å². The molecule has 0 saturated heterocycles. The van der Waals surface area contributed by atoms with Crippen molar-refractivity contribution in [1.82, 2.24) is 15.3 Å². The van der Waals surface area contributed by atoms with Crippen LogP contribution in [0.1, 0.15) is 23.0 Å². The highest BCUT2D eigenvalue weighted by atomic mass is 32.1. The largest absolute Gasteiger partial charge is 0.469 e. The summed E-state index contributed by atoms with van der Waals surface area (Å²) in [5.74, 6) is -0.217. The van der Waals surface area contributed by atoms with E-state index in [4.69, 9.17) is 4.74 Å². The van der Waals surface area contributed by atoms with Crippen molar-refractivity contribution in [2.24, 2.45) is 0 Å². The summed E-state index contributed by atoms with van der Waals surface area (Å²) >= 11 is 1.62. The lowest BCUT2D eigenvalue weighted by molar-refractivity contribution is -0.141. The molecule has 0 fully saturated rings. The monoisotopic (exact) mass is 265 g/mol. The van der Waals surface area contributed by atoms with Gasteiger partial charge in [0.2, 0.25) is 0 Å². The number of hydrogen-bond acceptors (Lipinski definition) is 5. The number of rotatable bonds is 6. The van der Waals surface area contributed by atoms with Crippen LogP contribution in [0.4, 0.5) is 0 Å². The standard InChI is InChI=1S/C12H15N3O2S/c1-17-12(16)5-10(11-3-2-4-18-11)14-7-9-6-13-8-15-9/h2-4,6,8,10,14H,5,7H2,1H3,(H,13,15). The van der Waals surface area contributed by atoms with Gasteiger partial charge in [-0.2, -0.15) is 0 Å². The van der Waals surface area contributed by atoms with Crippen LogP contribution in [0.3, 0.4) is 0 Å². The summed E-state index contributed by atoms with van der Waals surface area (Å²) in [7, 11) is 1.41. The molecule has 0 aliphatic rings. The number of nitrogens with zero attached hydrogens (tertiary/aromatic N) is 1. The SMILES string of the molecule is COC(=O)CC(NCc1cnc[nH]1)c1cccs1. The molecule has 96 valence electrons. The van der Waals surface area contributed by atoms with Crippen LogP contribution in [-0.2, 0) is 16.1 Å². The first kappa shape index (κ1) is 12.8. The number of aromatic amines is 1. The van der Waals surface area contributed by atoms with Gasteiger partial charge in [0.05, 0.1) is 25.9 Å². The molecule has 2 aromatic rings. The number of H-pyrrole nitrogens is 1. The molecule has 5 nitrogen and oxygen atoms in total. The lowest BCUT2D eigenvalue weighted by atomic mass is 10.1. The van der Waals surface area contributed by atoms with Gasteiger partial charge in [0.1, 0.15) is 0 Å². The molecule has 1 atom stereocenters. The van der Waals surface area contributed by atoms with E-state index in [2.05, 4.69) is 15.3 Å². The van der Waals surface area contributed by atoms with Crippen molar-refractivity contribution in [3.8, 4) is 0 Å². The highest BCUT2D eigenvalue weighted by Crippen LogP contribution is 2.22. The number of thiophene rings is 1. The molecule has 0 amide bonds. The van der Waals surface area contributed by atoms with Crippen molar-refractivity contribution < 1.29 is 9.53 Å². The summed E-state index contributed by atoms with van der Waals surface area (Å²) in [4.78, 5) is 19.5. The molecule has 0 radical (unpaired) electrons. The molecule has 0 bridgehead atoms. The zero-order valence-corrected chi connectivity index (χ0v) is 10.9. The predicted octanol–water partition coefficient (Wildman–Crippen LogP) is 1.87. The molecule has 2 heterocycles. The Bertz CT molecular complexity index is 467. The average molecular weight is 265 g/mol. The van der Waals surface area contributed by atoms with Crippen molar-refractivity contribution >= 4 is 17.3 Å². The second-order valence-electron chi connectivity index (χ2n) is 3.81. The molecule has 2 aromatic heterocycles. The number of carbonyl (C=O) groups excluding carboxylic acids is 1. The summed E-state index contributed by atoms with van der Waals surface area (Å²) in [6, 6.07) is 3.96. The van der Waals surface area contributed by atoms with E-state index in [1.165, 1.54) is 7.11 Å². The number of esters is 1. The van der Waals surface area contributed by atoms with Gasteiger partial charge in [-0.3, -0.25) is 4.79 Å². The van der Waals surface area contributed by atoms with Gasteiger partial charge < -0.3 is 15.0 Å². The fourth-order valence-corrected chi connectivity index (χ4v) is 2.43. The van der Waals surface area contributed by atoms with Crippen molar-refractivity contribution in [1.29, 1.82) is 0 Å².